The fourth-order valence-electron chi connectivity index (χ4n) is 2.64. The number of aryl methyl sites for hydroxylation is 1. The van der Waals surface area contributed by atoms with Crippen LogP contribution < -0.4 is 10.2 Å². The Morgan fingerprint density at radius 3 is 2.80 bits per heavy atom. The van der Waals surface area contributed by atoms with Gasteiger partial charge in [-0.05, 0) is 39.9 Å². The van der Waals surface area contributed by atoms with E-state index in [9.17, 15) is 0 Å². The molecule has 20 heavy (non-hydrogen) atoms. The number of hydrogen-bond donors (Lipinski definition) is 1. The molecule has 0 aliphatic carbocycles. The van der Waals surface area contributed by atoms with Crippen LogP contribution in [-0.2, 0) is 13.0 Å². The normalized spacial score (nSPS) is 19.2. The topological polar surface area (TPSA) is 31.4 Å². The molecule has 0 amide bonds. The summed E-state index contributed by atoms with van der Waals surface area (Å²) in [5.74, 6) is 0. The van der Waals surface area contributed by atoms with Crippen LogP contribution in [0, 0.1) is 0 Å². The van der Waals surface area contributed by atoms with E-state index in [4.69, 9.17) is 4.98 Å². The van der Waals surface area contributed by atoms with Crippen LogP contribution in [0.5, 0.6) is 0 Å². The molecule has 0 bridgehead atoms. The largest absolute Gasteiger partial charge is 0.346 e. The lowest BCUT2D eigenvalue weighted by Crippen LogP contribution is -2.31. The summed E-state index contributed by atoms with van der Waals surface area (Å²) in [5.41, 5.74) is 1.28. The van der Waals surface area contributed by atoms with Gasteiger partial charge < -0.3 is 15.1 Å². The Morgan fingerprint density at radius 2 is 2.20 bits per heavy atom. The molecule has 1 N–H and O–H groups in total. The lowest BCUT2D eigenvalue weighted by Gasteiger charge is -2.19. The Bertz CT molecular complexity index is 416. The lowest BCUT2D eigenvalue weighted by atomic mass is 10.2. The van der Waals surface area contributed by atoms with E-state index in [1.54, 1.807) is 0 Å². The van der Waals surface area contributed by atoms with Gasteiger partial charge in [-0.1, -0.05) is 13.8 Å². The second-order valence-electron chi connectivity index (χ2n) is 5.75. The molecule has 5 heteroatoms. The van der Waals surface area contributed by atoms with Gasteiger partial charge in [0.1, 0.15) is 0 Å². The van der Waals surface area contributed by atoms with E-state index >= 15 is 0 Å². The van der Waals surface area contributed by atoms with Crippen molar-refractivity contribution in [2.24, 2.45) is 0 Å². The molecule has 2 heterocycles. The van der Waals surface area contributed by atoms with Crippen molar-refractivity contribution < 1.29 is 0 Å². The molecule has 0 aromatic carbocycles. The van der Waals surface area contributed by atoms with Crippen molar-refractivity contribution in [2.45, 2.75) is 45.7 Å². The summed E-state index contributed by atoms with van der Waals surface area (Å²) in [5, 5.41) is 4.72. The van der Waals surface area contributed by atoms with Gasteiger partial charge in [0.2, 0.25) is 0 Å². The summed E-state index contributed by atoms with van der Waals surface area (Å²) in [4.78, 5) is 11.1. The highest BCUT2D eigenvalue weighted by atomic mass is 32.1. The van der Waals surface area contributed by atoms with Crippen molar-refractivity contribution in [3.05, 3.63) is 10.6 Å². The molecule has 1 unspecified atom stereocenters. The SMILES string of the molecule is CCCNCc1sc(N2CCC(N(C)C)C2)nc1CC. The second-order valence-corrected chi connectivity index (χ2v) is 6.81. The van der Waals surface area contributed by atoms with E-state index < -0.39 is 0 Å². The highest BCUT2D eigenvalue weighted by Crippen LogP contribution is 2.30. The summed E-state index contributed by atoms with van der Waals surface area (Å²) in [6, 6.07) is 0.672. The third kappa shape index (κ3) is 3.71. The van der Waals surface area contributed by atoms with Crippen LogP contribution >= 0.6 is 11.3 Å². The Kier molecular flexibility index (Phi) is 5.81. The van der Waals surface area contributed by atoms with E-state index in [2.05, 4.69) is 43.1 Å². The van der Waals surface area contributed by atoms with Crippen molar-refractivity contribution in [2.75, 3.05) is 38.6 Å². The summed E-state index contributed by atoms with van der Waals surface area (Å²) >= 11 is 1.88. The van der Waals surface area contributed by atoms with Crippen LogP contribution in [0.2, 0.25) is 0 Å². The number of aromatic nitrogens is 1. The Morgan fingerprint density at radius 1 is 1.40 bits per heavy atom. The zero-order valence-electron chi connectivity index (χ0n) is 13.3. The number of likely N-dealkylation sites (N-methyl/N-ethyl adjacent to an activating group) is 1. The van der Waals surface area contributed by atoms with Crippen LogP contribution in [0.25, 0.3) is 0 Å². The standard InChI is InChI=1S/C15H28N4S/c1-5-8-16-10-14-13(6-2)17-15(20-14)19-9-7-12(11-19)18(3)4/h12,16H,5-11H2,1-4H3. The minimum absolute atomic E-state index is 0.672. The van der Waals surface area contributed by atoms with Gasteiger partial charge in [-0.15, -0.1) is 11.3 Å². The molecule has 1 fully saturated rings. The number of nitrogens with zero attached hydrogens (tertiary/aromatic N) is 3. The first kappa shape index (κ1) is 15.7. The molecule has 1 saturated heterocycles. The van der Waals surface area contributed by atoms with Crippen molar-refractivity contribution in [1.29, 1.82) is 0 Å². The molecule has 4 nitrogen and oxygen atoms in total. The number of nitrogens with one attached hydrogen (secondary N) is 1. The van der Waals surface area contributed by atoms with Gasteiger partial charge in [0.15, 0.2) is 5.13 Å². The fourth-order valence-corrected chi connectivity index (χ4v) is 3.79. The van der Waals surface area contributed by atoms with Crippen molar-refractivity contribution in [3.8, 4) is 0 Å². The predicted molar refractivity (Wildman–Crippen MR) is 87.8 cm³/mol. The van der Waals surface area contributed by atoms with Crippen LogP contribution in [0.4, 0.5) is 5.13 Å². The van der Waals surface area contributed by atoms with E-state index in [1.165, 1.54) is 28.5 Å². The molecular weight excluding hydrogens is 268 g/mol. The molecule has 0 spiro atoms. The summed E-state index contributed by atoms with van der Waals surface area (Å²) in [6.45, 7) is 8.72. The maximum absolute atomic E-state index is 4.87. The molecule has 0 radical (unpaired) electrons. The average molecular weight is 296 g/mol. The number of anilines is 1. The molecule has 1 aromatic heterocycles. The predicted octanol–water partition coefficient (Wildman–Crippen LogP) is 2.35. The first-order chi connectivity index (χ1) is 9.65. The Labute approximate surface area is 127 Å². The Balaban J connectivity index is 2.02. The van der Waals surface area contributed by atoms with Crippen LogP contribution in [-0.4, -0.2) is 49.7 Å². The molecule has 114 valence electrons. The van der Waals surface area contributed by atoms with Gasteiger partial charge in [-0.25, -0.2) is 4.98 Å². The van der Waals surface area contributed by atoms with E-state index in [-0.39, 0.29) is 0 Å². The summed E-state index contributed by atoms with van der Waals surface area (Å²) in [7, 11) is 4.35. The molecule has 1 aliphatic heterocycles. The Hall–Kier alpha value is -0.650. The smallest absolute Gasteiger partial charge is 0.185 e. The monoisotopic (exact) mass is 296 g/mol. The quantitative estimate of drug-likeness (QED) is 0.783. The highest BCUT2D eigenvalue weighted by Gasteiger charge is 2.26. The molecular formula is C15H28N4S. The molecule has 1 atom stereocenters. The van der Waals surface area contributed by atoms with Crippen molar-refractivity contribution in [3.63, 3.8) is 0 Å². The first-order valence-electron chi connectivity index (χ1n) is 7.76. The molecule has 2 rings (SSSR count). The van der Waals surface area contributed by atoms with E-state index in [1.807, 2.05) is 11.3 Å². The maximum atomic E-state index is 4.87. The van der Waals surface area contributed by atoms with E-state index in [0.717, 1.165) is 32.6 Å². The van der Waals surface area contributed by atoms with Crippen LogP contribution in [0.1, 0.15) is 37.3 Å². The maximum Gasteiger partial charge on any atom is 0.185 e. The number of hydrogen-bond acceptors (Lipinski definition) is 5. The van der Waals surface area contributed by atoms with Gasteiger partial charge in [0, 0.05) is 30.6 Å². The third-order valence-corrected chi connectivity index (χ3v) is 5.14. The van der Waals surface area contributed by atoms with Gasteiger partial charge in [-0.2, -0.15) is 0 Å². The highest BCUT2D eigenvalue weighted by molar-refractivity contribution is 7.15. The number of thiazole rings is 1. The van der Waals surface area contributed by atoms with Gasteiger partial charge in [-0.3, -0.25) is 0 Å². The summed E-state index contributed by atoms with van der Waals surface area (Å²) < 4.78 is 0. The fraction of sp³-hybridized carbons (Fsp3) is 0.800. The zero-order valence-corrected chi connectivity index (χ0v) is 14.1. The minimum atomic E-state index is 0.672. The van der Waals surface area contributed by atoms with E-state index in [0.29, 0.717) is 6.04 Å². The average Bonchev–Trinajstić information content (AvgIpc) is 3.05. The van der Waals surface area contributed by atoms with Crippen LogP contribution in [0.3, 0.4) is 0 Å². The third-order valence-electron chi connectivity index (χ3n) is 3.98. The molecule has 1 aliphatic rings. The first-order valence-corrected chi connectivity index (χ1v) is 8.58. The van der Waals surface area contributed by atoms with Gasteiger partial charge >= 0.3 is 0 Å². The molecule has 0 saturated carbocycles. The van der Waals surface area contributed by atoms with Gasteiger partial charge in [0.25, 0.3) is 0 Å². The summed E-state index contributed by atoms with van der Waals surface area (Å²) in [6.07, 6.45) is 3.46. The van der Waals surface area contributed by atoms with Crippen LogP contribution in [0.15, 0.2) is 0 Å². The van der Waals surface area contributed by atoms with Crippen molar-refractivity contribution >= 4 is 16.5 Å². The minimum Gasteiger partial charge on any atom is -0.346 e. The number of rotatable bonds is 7. The van der Waals surface area contributed by atoms with Gasteiger partial charge in [0.05, 0.1) is 5.69 Å². The zero-order chi connectivity index (χ0) is 14.5. The second kappa shape index (κ2) is 7.38. The lowest BCUT2D eigenvalue weighted by molar-refractivity contribution is 0.315. The molecule has 1 aromatic rings. The van der Waals surface area contributed by atoms with Crippen molar-refractivity contribution in [1.82, 2.24) is 15.2 Å².